The molecule has 3 aromatic carbocycles. The van der Waals surface area contributed by atoms with Gasteiger partial charge in [0.15, 0.2) is 9.84 Å². The van der Waals surface area contributed by atoms with Crippen LogP contribution in [0.15, 0.2) is 84.0 Å². The number of benzene rings is 3. The standard InChI is InChI=1S/C32H31ClN6O4S/c1-3-5-26(6-4-2)44(42,43)27-14-11-23(12-15-27)39-32-35-19-25(20-36-32)38-31(41)28-17-24(13-16-29(28)33)37-30(40)22-9-7-21(18-34)8-10-22/h7-17,19-20,26H,3-6H2,1-2H3,(H,37,40)(H,38,41)(H,35,36,39). The van der Waals surface area contributed by atoms with Gasteiger partial charge in [0.25, 0.3) is 11.8 Å². The molecule has 0 unspecified atom stereocenters. The fourth-order valence-electron chi connectivity index (χ4n) is 4.48. The molecule has 1 heterocycles. The average Bonchev–Trinajstić information content (AvgIpc) is 3.03. The van der Waals surface area contributed by atoms with E-state index in [1.165, 1.54) is 36.7 Å². The van der Waals surface area contributed by atoms with Crippen molar-refractivity contribution < 1.29 is 18.0 Å². The lowest BCUT2D eigenvalue weighted by atomic mass is 10.1. The molecule has 12 heteroatoms. The number of aromatic nitrogens is 2. The summed E-state index contributed by atoms with van der Waals surface area (Å²) < 4.78 is 26.1. The summed E-state index contributed by atoms with van der Waals surface area (Å²) in [5, 5.41) is 17.1. The molecule has 0 aliphatic carbocycles. The van der Waals surface area contributed by atoms with E-state index < -0.39 is 26.9 Å². The molecule has 44 heavy (non-hydrogen) atoms. The number of rotatable bonds is 12. The monoisotopic (exact) mass is 630 g/mol. The van der Waals surface area contributed by atoms with Crippen molar-refractivity contribution in [2.24, 2.45) is 0 Å². The molecule has 0 fully saturated rings. The largest absolute Gasteiger partial charge is 0.324 e. The second kappa shape index (κ2) is 14.6. The summed E-state index contributed by atoms with van der Waals surface area (Å²) in [5.41, 5.74) is 2.18. The molecule has 0 atom stereocenters. The van der Waals surface area contributed by atoms with Crippen molar-refractivity contribution in [3.8, 4) is 6.07 Å². The van der Waals surface area contributed by atoms with Crippen molar-refractivity contribution in [2.75, 3.05) is 16.0 Å². The Morgan fingerprint density at radius 3 is 2.02 bits per heavy atom. The van der Waals surface area contributed by atoms with Crippen LogP contribution in [0.2, 0.25) is 5.02 Å². The number of hydrogen-bond donors (Lipinski definition) is 3. The Morgan fingerprint density at radius 1 is 0.841 bits per heavy atom. The third-order valence-electron chi connectivity index (χ3n) is 6.75. The van der Waals surface area contributed by atoms with Gasteiger partial charge in [0, 0.05) is 16.9 Å². The summed E-state index contributed by atoms with van der Waals surface area (Å²) in [6.07, 6.45) is 5.68. The minimum Gasteiger partial charge on any atom is -0.324 e. The molecule has 1 aromatic heterocycles. The lowest BCUT2D eigenvalue weighted by molar-refractivity contribution is 0.101. The van der Waals surface area contributed by atoms with Crippen LogP contribution in [-0.2, 0) is 9.84 Å². The van der Waals surface area contributed by atoms with Crippen LogP contribution in [0.4, 0.5) is 23.0 Å². The first-order chi connectivity index (χ1) is 21.1. The summed E-state index contributed by atoms with van der Waals surface area (Å²) >= 11 is 6.26. The van der Waals surface area contributed by atoms with Gasteiger partial charge in [0.05, 0.1) is 50.4 Å². The third kappa shape index (κ3) is 7.98. The Hall–Kier alpha value is -4.79. The van der Waals surface area contributed by atoms with Crippen LogP contribution in [-0.4, -0.2) is 35.5 Å². The van der Waals surface area contributed by atoms with Gasteiger partial charge in [-0.05, 0) is 79.6 Å². The normalized spacial score (nSPS) is 11.1. The maximum absolute atomic E-state index is 13.1. The van der Waals surface area contributed by atoms with Crippen molar-refractivity contribution in [3.63, 3.8) is 0 Å². The number of nitriles is 1. The van der Waals surface area contributed by atoms with Gasteiger partial charge in [-0.15, -0.1) is 0 Å². The molecule has 2 amide bonds. The smallest absolute Gasteiger partial charge is 0.257 e. The highest BCUT2D eigenvalue weighted by Gasteiger charge is 2.26. The predicted octanol–water partition coefficient (Wildman–Crippen LogP) is 6.99. The number of sulfone groups is 1. The van der Waals surface area contributed by atoms with Crippen LogP contribution in [0, 0.1) is 11.3 Å². The second-order valence-electron chi connectivity index (χ2n) is 9.98. The number of hydrogen-bond acceptors (Lipinski definition) is 8. The van der Waals surface area contributed by atoms with Crippen molar-refractivity contribution in [3.05, 3.63) is 101 Å². The summed E-state index contributed by atoms with van der Waals surface area (Å²) in [6.45, 7) is 3.97. The molecule has 0 bridgehead atoms. The van der Waals surface area contributed by atoms with Crippen LogP contribution in [0.3, 0.4) is 0 Å². The van der Waals surface area contributed by atoms with Crippen molar-refractivity contribution in [2.45, 2.75) is 49.7 Å². The van der Waals surface area contributed by atoms with E-state index in [4.69, 9.17) is 16.9 Å². The number of nitrogens with one attached hydrogen (secondary N) is 3. The predicted molar refractivity (Wildman–Crippen MR) is 171 cm³/mol. The molecule has 0 aliphatic rings. The van der Waals surface area contributed by atoms with E-state index in [9.17, 15) is 18.0 Å². The molecule has 4 rings (SSSR count). The number of nitrogens with zero attached hydrogens (tertiary/aromatic N) is 3. The van der Waals surface area contributed by atoms with E-state index in [1.54, 1.807) is 42.5 Å². The average molecular weight is 631 g/mol. The molecular formula is C32H31ClN6O4S. The molecular weight excluding hydrogens is 600 g/mol. The van der Waals surface area contributed by atoms with Crippen LogP contribution >= 0.6 is 11.6 Å². The zero-order valence-corrected chi connectivity index (χ0v) is 25.7. The van der Waals surface area contributed by atoms with Gasteiger partial charge in [-0.25, -0.2) is 18.4 Å². The number of anilines is 4. The summed E-state index contributed by atoms with van der Waals surface area (Å²) in [4.78, 5) is 34.3. The SMILES string of the molecule is CCCC(CCC)S(=O)(=O)c1ccc(Nc2ncc(NC(=O)c3cc(NC(=O)c4ccc(C#N)cc4)ccc3Cl)cn2)cc1. The maximum Gasteiger partial charge on any atom is 0.257 e. The molecule has 0 saturated carbocycles. The van der Waals surface area contributed by atoms with Gasteiger partial charge >= 0.3 is 0 Å². The number of amides is 2. The Labute approximate surface area is 261 Å². The quantitative estimate of drug-likeness (QED) is 0.151. The topological polar surface area (TPSA) is 154 Å². The van der Waals surface area contributed by atoms with Gasteiger partial charge in [-0.1, -0.05) is 38.3 Å². The third-order valence-corrected chi connectivity index (χ3v) is 9.36. The van der Waals surface area contributed by atoms with Gasteiger partial charge in [0.1, 0.15) is 0 Å². The van der Waals surface area contributed by atoms with Gasteiger partial charge in [-0.3, -0.25) is 9.59 Å². The number of carbonyl (C=O) groups is 2. The molecule has 0 radical (unpaired) electrons. The Balaban J connectivity index is 1.39. The molecule has 3 N–H and O–H groups in total. The van der Waals surface area contributed by atoms with Crippen LogP contribution in [0.25, 0.3) is 0 Å². The van der Waals surface area contributed by atoms with E-state index in [2.05, 4.69) is 25.9 Å². The lowest BCUT2D eigenvalue weighted by Crippen LogP contribution is -2.21. The maximum atomic E-state index is 13.1. The highest BCUT2D eigenvalue weighted by atomic mass is 35.5. The zero-order valence-electron chi connectivity index (χ0n) is 24.2. The Morgan fingerprint density at radius 2 is 1.43 bits per heavy atom. The fraction of sp³-hybridized carbons (Fsp3) is 0.219. The van der Waals surface area contributed by atoms with Crippen LogP contribution < -0.4 is 16.0 Å². The highest BCUT2D eigenvalue weighted by Crippen LogP contribution is 2.26. The molecule has 10 nitrogen and oxygen atoms in total. The summed E-state index contributed by atoms with van der Waals surface area (Å²) in [6, 6.07) is 19.1. The molecule has 0 aliphatic heterocycles. The second-order valence-corrected chi connectivity index (χ2v) is 12.6. The van der Waals surface area contributed by atoms with Crippen molar-refractivity contribution in [1.29, 1.82) is 5.26 Å². The number of halogens is 1. The summed E-state index contributed by atoms with van der Waals surface area (Å²) in [7, 11) is -3.42. The fourth-order valence-corrected chi connectivity index (χ4v) is 6.68. The molecule has 0 spiro atoms. The first-order valence-electron chi connectivity index (χ1n) is 14.0. The van der Waals surface area contributed by atoms with E-state index in [0.717, 1.165) is 12.8 Å². The van der Waals surface area contributed by atoms with E-state index in [1.807, 2.05) is 19.9 Å². The van der Waals surface area contributed by atoms with Gasteiger partial charge in [-0.2, -0.15) is 5.26 Å². The van der Waals surface area contributed by atoms with E-state index >= 15 is 0 Å². The first-order valence-corrected chi connectivity index (χ1v) is 15.9. The van der Waals surface area contributed by atoms with E-state index in [0.29, 0.717) is 41.0 Å². The van der Waals surface area contributed by atoms with Crippen LogP contribution in [0.1, 0.15) is 65.8 Å². The summed E-state index contributed by atoms with van der Waals surface area (Å²) in [5.74, 6) is -0.692. The van der Waals surface area contributed by atoms with Gasteiger partial charge in [0.2, 0.25) is 5.95 Å². The number of carbonyl (C=O) groups excluding carboxylic acids is 2. The van der Waals surface area contributed by atoms with Crippen molar-refractivity contribution in [1.82, 2.24) is 9.97 Å². The Kier molecular flexibility index (Phi) is 10.7. The first kappa shape index (κ1) is 32.1. The molecule has 226 valence electrons. The van der Waals surface area contributed by atoms with E-state index in [-0.39, 0.29) is 21.4 Å². The minimum atomic E-state index is -3.42. The molecule has 4 aromatic rings. The lowest BCUT2D eigenvalue weighted by Gasteiger charge is -2.16. The van der Waals surface area contributed by atoms with Crippen molar-refractivity contribution >= 4 is 56.3 Å². The zero-order chi connectivity index (χ0) is 31.7. The Bertz CT molecular complexity index is 1770. The van der Waals surface area contributed by atoms with Gasteiger partial charge < -0.3 is 16.0 Å². The van der Waals surface area contributed by atoms with Crippen LogP contribution in [0.5, 0.6) is 0 Å². The minimum absolute atomic E-state index is 0.127. The molecule has 0 saturated heterocycles. The highest BCUT2D eigenvalue weighted by molar-refractivity contribution is 7.92.